The van der Waals surface area contributed by atoms with Crippen LogP contribution in [0.3, 0.4) is 0 Å². The quantitative estimate of drug-likeness (QED) is 0.880. The fourth-order valence-corrected chi connectivity index (χ4v) is 2.25. The average molecular weight is 246 g/mol. The van der Waals surface area contributed by atoms with E-state index in [1.807, 2.05) is 19.9 Å². The molecule has 98 valence electrons. The van der Waals surface area contributed by atoms with Crippen LogP contribution in [0.15, 0.2) is 24.4 Å². The van der Waals surface area contributed by atoms with E-state index < -0.39 is 0 Å². The van der Waals surface area contributed by atoms with Crippen molar-refractivity contribution in [1.82, 2.24) is 4.57 Å². The average Bonchev–Trinajstić information content (AvgIpc) is 2.63. The zero-order chi connectivity index (χ0) is 13.1. The molecule has 3 nitrogen and oxygen atoms in total. The third kappa shape index (κ3) is 2.67. The monoisotopic (exact) mass is 246 g/mol. The van der Waals surface area contributed by atoms with Gasteiger partial charge in [0.25, 0.3) is 0 Å². The number of fused-ring (bicyclic) bond motifs is 1. The number of ether oxygens (including phenoxy) is 1. The Morgan fingerprint density at radius 3 is 2.78 bits per heavy atom. The minimum absolute atomic E-state index is 0.210. The first-order valence-corrected chi connectivity index (χ1v) is 6.58. The number of nitrogens with two attached hydrogens (primary N) is 1. The van der Waals surface area contributed by atoms with Crippen LogP contribution in [-0.2, 0) is 6.54 Å². The maximum absolute atomic E-state index is 5.74. The predicted molar refractivity (Wildman–Crippen MR) is 76.1 cm³/mol. The molecule has 0 saturated carbocycles. The van der Waals surface area contributed by atoms with Gasteiger partial charge in [-0.1, -0.05) is 0 Å². The van der Waals surface area contributed by atoms with Gasteiger partial charge in [-0.2, -0.15) is 0 Å². The number of nitrogens with zero attached hydrogens (tertiary/aromatic N) is 1. The molecule has 0 aliphatic carbocycles. The molecular weight excluding hydrogens is 224 g/mol. The van der Waals surface area contributed by atoms with Crippen molar-refractivity contribution in [2.24, 2.45) is 5.73 Å². The van der Waals surface area contributed by atoms with E-state index in [0.717, 1.165) is 25.3 Å². The highest BCUT2D eigenvalue weighted by molar-refractivity contribution is 5.85. The van der Waals surface area contributed by atoms with Gasteiger partial charge in [0.1, 0.15) is 5.75 Å². The lowest BCUT2D eigenvalue weighted by Gasteiger charge is -2.10. The van der Waals surface area contributed by atoms with Crippen molar-refractivity contribution in [1.29, 1.82) is 0 Å². The number of hydrogen-bond donors (Lipinski definition) is 1. The van der Waals surface area contributed by atoms with Crippen molar-refractivity contribution in [3.63, 3.8) is 0 Å². The topological polar surface area (TPSA) is 40.2 Å². The minimum atomic E-state index is 0.210. The predicted octanol–water partition coefficient (Wildman–Crippen LogP) is 3.09. The lowest BCUT2D eigenvalue weighted by atomic mass is 10.2. The molecule has 1 aromatic heterocycles. The van der Waals surface area contributed by atoms with Crippen molar-refractivity contribution in [2.45, 2.75) is 39.8 Å². The molecule has 0 spiro atoms. The second-order valence-electron chi connectivity index (χ2n) is 4.99. The first kappa shape index (κ1) is 13.0. The van der Waals surface area contributed by atoms with Gasteiger partial charge in [-0.05, 0) is 57.5 Å². The molecule has 0 radical (unpaired) electrons. The van der Waals surface area contributed by atoms with E-state index in [2.05, 4.69) is 29.8 Å². The van der Waals surface area contributed by atoms with E-state index in [-0.39, 0.29) is 6.10 Å². The lowest BCUT2D eigenvalue weighted by Crippen LogP contribution is -2.06. The Morgan fingerprint density at radius 2 is 2.11 bits per heavy atom. The van der Waals surface area contributed by atoms with Crippen LogP contribution in [0.4, 0.5) is 0 Å². The summed E-state index contributed by atoms with van der Waals surface area (Å²) in [5, 5.41) is 1.27. The van der Waals surface area contributed by atoms with Gasteiger partial charge in [-0.25, -0.2) is 0 Å². The number of benzene rings is 1. The molecular formula is C15H22N2O. The van der Waals surface area contributed by atoms with Crippen LogP contribution in [0, 0.1) is 6.92 Å². The molecule has 2 N–H and O–H groups in total. The maximum atomic E-state index is 5.74. The second-order valence-corrected chi connectivity index (χ2v) is 4.99. The summed E-state index contributed by atoms with van der Waals surface area (Å²) in [6.45, 7) is 7.94. The first-order chi connectivity index (χ1) is 8.61. The molecule has 0 bridgehead atoms. The van der Waals surface area contributed by atoms with Crippen LogP contribution in [0.5, 0.6) is 5.75 Å². The summed E-state index contributed by atoms with van der Waals surface area (Å²) in [5.41, 5.74) is 8.12. The summed E-state index contributed by atoms with van der Waals surface area (Å²) in [4.78, 5) is 0. The standard InChI is InChI=1S/C15H22N2O/c1-11(2)18-13-5-6-15-14(9-13)12(3)10-17(15)8-4-7-16/h5-6,9-11H,4,7-8,16H2,1-3H3. The van der Waals surface area contributed by atoms with E-state index in [4.69, 9.17) is 10.5 Å². The smallest absolute Gasteiger partial charge is 0.120 e. The van der Waals surface area contributed by atoms with E-state index in [1.165, 1.54) is 16.5 Å². The van der Waals surface area contributed by atoms with Gasteiger partial charge in [-0.3, -0.25) is 0 Å². The molecule has 3 heteroatoms. The molecule has 0 saturated heterocycles. The molecule has 0 fully saturated rings. The van der Waals surface area contributed by atoms with Gasteiger partial charge >= 0.3 is 0 Å². The number of aromatic nitrogens is 1. The van der Waals surface area contributed by atoms with Gasteiger partial charge in [-0.15, -0.1) is 0 Å². The summed E-state index contributed by atoms with van der Waals surface area (Å²) < 4.78 is 8.01. The molecule has 0 unspecified atom stereocenters. The second kappa shape index (κ2) is 5.44. The highest BCUT2D eigenvalue weighted by Gasteiger charge is 2.07. The van der Waals surface area contributed by atoms with E-state index >= 15 is 0 Å². The van der Waals surface area contributed by atoms with Crippen LogP contribution >= 0.6 is 0 Å². The number of hydrogen-bond acceptors (Lipinski definition) is 2. The Morgan fingerprint density at radius 1 is 1.33 bits per heavy atom. The van der Waals surface area contributed by atoms with Crippen molar-refractivity contribution in [3.05, 3.63) is 30.0 Å². The Kier molecular flexibility index (Phi) is 3.92. The van der Waals surface area contributed by atoms with Crippen LogP contribution in [-0.4, -0.2) is 17.2 Å². The lowest BCUT2D eigenvalue weighted by molar-refractivity contribution is 0.243. The fraction of sp³-hybridized carbons (Fsp3) is 0.467. The summed E-state index contributed by atoms with van der Waals surface area (Å²) in [6, 6.07) is 6.31. The molecule has 2 aromatic rings. The first-order valence-electron chi connectivity index (χ1n) is 6.58. The van der Waals surface area contributed by atoms with Gasteiger partial charge in [0.2, 0.25) is 0 Å². The normalized spacial score (nSPS) is 11.4. The van der Waals surface area contributed by atoms with Crippen LogP contribution in [0.2, 0.25) is 0 Å². The minimum Gasteiger partial charge on any atom is -0.491 e. The van der Waals surface area contributed by atoms with Crippen LogP contribution in [0.25, 0.3) is 10.9 Å². The van der Waals surface area contributed by atoms with Gasteiger partial charge < -0.3 is 15.0 Å². The molecule has 0 amide bonds. The van der Waals surface area contributed by atoms with E-state index in [1.54, 1.807) is 0 Å². The maximum Gasteiger partial charge on any atom is 0.120 e. The van der Waals surface area contributed by atoms with Crippen LogP contribution < -0.4 is 10.5 Å². The Bertz CT molecular complexity index is 529. The molecule has 18 heavy (non-hydrogen) atoms. The Labute approximate surface area is 109 Å². The fourth-order valence-electron chi connectivity index (χ4n) is 2.25. The van der Waals surface area contributed by atoms with Gasteiger partial charge in [0.15, 0.2) is 0 Å². The molecule has 2 rings (SSSR count). The van der Waals surface area contributed by atoms with E-state index in [0.29, 0.717) is 0 Å². The molecule has 0 atom stereocenters. The summed E-state index contributed by atoms with van der Waals surface area (Å²) in [6.07, 6.45) is 3.41. The highest BCUT2D eigenvalue weighted by Crippen LogP contribution is 2.26. The number of rotatable bonds is 5. The van der Waals surface area contributed by atoms with Gasteiger partial charge in [0.05, 0.1) is 6.10 Å². The van der Waals surface area contributed by atoms with Crippen molar-refractivity contribution in [2.75, 3.05) is 6.54 Å². The highest BCUT2D eigenvalue weighted by atomic mass is 16.5. The Hall–Kier alpha value is -1.48. The third-order valence-electron chi connectivity index (χ3n) is 3.03. The summed E-state index contributed by atoms with van der Waals surface area (Å²) in [5.74, 6) is 0.942. The molecule has 1 heterocycles. The molecule has 0 aliphatic heterocycles. The largest absolute Gasteiger partial charge is 0.491 e. The molecule has 0 aliphatic rings. The van der Waals surface area contributed by atoms with Crippen molar-refractivity contribution < 1.29 is 4.74 Å². The Balaban J connectivity index is 2.35. The van der Waals surface area contributed by atoms with Crippen molar-refractivity contribution >= 4 is 10.9 Å². The number of aryl methyl sites for hydroxylation is 2. The third-order valence-corrected chi connectivity index (χ3v) is 3.03. The zero-order valence-electron chi connectivity index (χ0n) is 11.4. The zero-order valence-corrected chi connectivity index (χ0v) is 11.4. The summed E-state index contributed by atoms with van der Waals surface area (Å²) in [7, 11) is 0. The van der Waals surface area contributed by atoms with Gasteiger partial charge in [0, 0.05) is 23.6 Å². The van der Waals surface area contributed by atoms with Crippen LogP contribution in [0.1, 0.15) is 25.8 Å². The molecule has 1 aromatic carbocycles. The van der Waals surface area contributed by atoms with Crippen molar-refractivity contribution in [3.8, 4) is 5.75 Å². The summed E-state index contributed by atoms with van der Waals surface area (Å²) >= 11 is 0. The van der Waals surface area contributed by atoms with E-state index in [9.17, 15) is 0 Å². The SMILES string of the molecule is Cc1cn(CCCN)c2ccc(OC(C)C)cc12.